The Morgan fingerprint density at radius 2 is 2.50 bits per heavy atom. The molecule has 82 valence electrons. The van der Waals surface area contributed by atoms with Gasteiger partial charge in [-0.1, -0.05) is 19.1 Å². The number of hydrogen-bond donors (Lipinski definition) is 2. The van der Waals surface area contributed by atoms with Gasteiger partial charge in [0.25, 0.3) is 0 Å². The second kappa shape index (κ2) is 5.60. The van der Waals surface area contributed by atoms with Crippen molar-refractivity contribution < 1.29 is 9.84 Å². The van der Waals surface area contributed by atoms with E-state index in [-0.39, 0.29) is 18.8 Å². The van der Waals surface area contributed by atoms with Gasteiger partial charge in [-0.05, 0) is 6.42 Å². The number of hydrogen-bond acceptors (Lipinski definition) is 4. The Kier molecular flexibility index (Phi) is 4.74. The summed E-state index contributed by atoms with van der Waals surface area (Å²) in [6, 6.07) is 0.142. The van der Waals surface area contributed by atoms with E-state index in [1.165, 1.54) is 0 Å². The summed E-state index contributed by atoms with van der Waals surface area (Å²) in [4.78, 5) is 2.72. The number of rotatable bonds is 4. The van der Waals surface area contributed by atoms with Crippen molar-refractivity contribution in [1.82, 2.24) is 4.90 Å². The highest BCUT2D eigenvalue weighted by Crippen LogP contribution is 2.11. The molecule has 2 unspecified atom stereocenters. The van der Waals surface area contributed by atoms with Crippen molar-refractivity contribution in [2.75, 3.05) is 26.3 Å². The van der Waals surface area contributed by atoms with Gasteiger partial charge in [0.05, 0.1) is 30.3 Å². The number of nitrogens with two attached hydrogens (primary N) is 1. The first-order valence-corrected chi connectivity index (χ1v) is 5.35. The Balaban J connectivity index is 2.53. The topological polar surface area (TPSA) is 58.7 Å². The lowest BCUT2D eigenvalue weighted by molar-refractivity contribution is -0.0580. The molecular formula is C9H18N2O2S. The summed E-state index contributed by atoms with van der Waals surface area (Å²) in [6.07, 6.45) is 0.820. The molecule has 2 atom stereocenters. The van der Waals surface area contributed by atoms with E-state index in [0.717, 1.165) is 13.0 Å². The Bertz CT molecular complexity index is 201. The van der Waals surface area contributed by atoms with Crippen LogP contribution in [0.5, 0.6) is 0 Å². The molecule has 0 radical (unpaired) electrons. The van der Waals surface area contributed by atoms with Crippen molar-refractivity contribution in [1.29, 1.82) is 0 Å². The van der Waals surface area contributed by atoms with E-state index in [1.807, 2.05) is 0 Å². The molecule has 1 rings (SSSR count). The summed E-state index contributed by atoms with van der Waals surface area (Å²) in [5.41, 5.74) is 5.65. The third-order valence-corrected chi connectivity index (χ3v) is 2.80. The van der Waals surface area contributed by atoms with Crippen LogP contribution in [0.3, 0.4) is 0 Å². The van der Waals surface area contributed by atoms with Gasteiger partial charge in [0, 0.05) is 13.1 Å². The van der Waals surface area contributed by atoms with Gasteiger partial charge in [-0.3, -0.25) is 4.90 Å². The van der Waals surface area contributed by atoms with Gasteiger partial charge in [0.2, 0.25) is 0 Å². The molecule has 14 heavy (non-hydrogen) atoms. The first kappa shape index (κ1) is 11.8. The van der Waals surface area contributed by atoms with Gasteiger partial charge in [-0.15, -0.1) is 0 Å². The molecule has 0 aromatic heterocycles. The zero-order valence-corrected chi connectivity index (χ0v) is 9.30. The second-order valence-electron chi connectivity index (χ2n) is 3.50. The van der Waals surface area contributed by atoms with Crippen molar-refractivity contribution in [3.8, 4) is 0 Å². The van der Waals surface area contributed by atoms with Crippen LogP contribution in [0.4, 0.5) is 0 Å². The van der Waals surface area contributed by atoms with Crippen molar-refractivity contribution >= 4 is 17.2 Å². The summed E-state index contributed by atoms with van der Waals surface area (Å²) in [6.45, 7) is 4.32. The summed E-state index contributed by atoms with van der Waals surface area (Å²) >= 11 is 5.00. The second-order valence-corrected chi connectivity index (χ2v) is 3.97. The van der Waals surface area contributed by atoms with Crippen molar-refractivity contribution in [3.63, 3.8) is 0 Å². The number of thiocarbonyl (C=S) groups is 1. The minimum absolute atomic E-state index is 0.0598. The lowest BCUT2D eigenvalue weighted by atomic mass is 10.1. The number of aliphatic hydroxyl groups is 1. The summed E-state index contributed by atoms with van der Waals surface area (Å²) in [5, 5.41) is 8.99. The average molecular weight is 218 g/mol. The molecule has 5 heteroatoms. The minimum Gasteiger partial charge on any atom is -0.394 e. The highest BCUT2D eigenvalue weighted by Gasteiger charge is 2.26. The maximum atomic E-state index is 8.99. The fraction of sp³-hybridized carbons (Fsp3) is 0.889. The van der Waals surface area contributed by atoms with Crippen LogP contribution in [0.25, 0.3) is 0 Å². The van der Waals surface area contributed by atoms with Crippen molar-refractivity contribution in [2.45, 2.75) is 25.5 Å². The van der Waals surface area contributed by atoms with Crippen LogP contribution in [0.1, 0.15) is 13.3 Å². The van der Waals surface area contributed by atoms with Gasteiger partial charge >= 0.3 is 0 Å². The third-order valence-electron chi connectivity index (χ3n) is 2.53. The zero-order chi connectivity index (χ0) is 10.6. The Morgan fingerprint density at radius 3 is 3.00 bits per heavy atom. The van der Waals surface area contributed by atoms with Crippen LogP contribution in [0.2, 0.25) is 0 Å². The fourth-order valence-corrected chi connectivity index (χ4v) is 2.09. The van der Waals surface area contributed by atoms with Gasteiger partial charge < -0.3 is 15.6 Å². The predicted octanol–water partition coefficient (Wildman–Crippen LogP) is -0.256. The van der Waals surface area contributed by atoms with E-state index < -0.39 is 0 Å². The summed E-state index contributed by atoms with van der Waals surface area (Å²) in [7, 11) is 0. The van der Waals surface area contributed by atoms with Gasteiger partial charge in [0.1, 0.15) is 0 Å². The van der Waals surface area contributed by atoms with Crippen LogP contribution >= 0.6 is 12.2 Å². The third kappa shape index (κ3) is 2.88. The number of morpholine rings is 1. The molecule has 1 fully saturated rings. The van der Waals surface area contributed by atoms with Crippen LogP contribution < -0.4 is 5.73 Å². The molecular weight excluding hydrogens is 200 g/mol. The first-order chi connectivity index (χ1) is 6.69. The van der Waals surface area contributed by atoms with Gasteiger partial charge in [0.15, 0.2) is 0 Å². The normalized spacial score (nSPS) is 26.0. The Morgan fingerprint density at radius 1 is 1.79 bits per heavy atom. The highest BCUT2D eigenvalue weighted by molar-refractivity contribution is 7.80. The van der Waals surface area contributed by atoms with E-state index in [4.69, 9.17) is 27.8 Å². The average Bonchev–Trinajstić information content (AvgIpc) is 2.19. The molecule has 1 aliphatic rings. The van der Waals surface area contributed by atoms with Crippen molar-refractivity contribution in [3.05, 3.63) is 0 Å². The molecule has 0 aromatic carbocycles. The molecule has 3 N–H and O–H groups in total. The summed E-state index contributed by atoms with van der Waals surface area (Å²) < 4.78 is 5.36. The standard InChI is InChI=1S/C9H18N2O2S/c1-2-8(9(10)14)11-3-4-13-7(5-11)6-12/h7-8,12H,2-6H2,1H3,(H2,10,14). The molecule has 0 aromatic rings. The fourth-order valence-electron chi connectivity index (χ4n) is 1.78. The number of ether oxygens (including phenoxy) is 1. The number of nitrogens with zero attached hydrogens (tertiary/aromatic N) is 1. The molecule has 0 amide bonds. The molecule has 1 saturated heterocycles. The van der Waals surface area contributed by atoms with E-state index in [9.17, 15) is 0 Å². The Hall–Kier alpha value is -0.230. The molecule has 0 spiro atoms. The van der Waals surface area contributed by atoms with Crippen LogP contribution in [-0.2, 0) is 4.74 Å². The summed E-state index contributed by atoms with van der Waals surface area (Å²) in [5.74, 6) is 0. The zero-order valence-electron chi connectivity index (χ0n) is 8.48. The lowest BCUT2D eigenvalue weighted by Gasteiger charge is -2.36. The quantitative estimate of drug-likeness (QED) is 0.637. The molecule has 4 nitrogen and oxygen atoms in total. The molecule has 0 aliphatic carbocycles. The van der Waals surface area contributed by atoms with Gasteiger partial charge in [-0.2, -0.15) is 0 Å². The largest absolute Gasteiger partial charge is 0.394 e. The lowest BCUT2D eigenvalue weighted by Crippen LogP contribution is -2.52. The van der Waals surface area contributed by atoms with E-state index in [0.29, 0.717) is 18.1 Å². The Labute approximate surface area is 90.0 Å². The van der Waals surface area contributed by atoms with Gasteiger partial charge in [-0.25, -0.2) is 0 Å². The molecule has 0 bridgehead atoms. The van der Waals surface area contributed by atoms with Crippen LogP contribution in [0.15, 0.2) is 0 Å². The predicted molar refractivity (Wildman–Crippen MR) is 59.3 cm³/mol. The van der Waals surface area contributed by atoms with E-state index in [2.05, 4.69) is 11.8 Å². The monoisotopic (exact) mass is 218 g/mol. The van der Waals surface area contributed by atoms with Crippen molar-refractivity contribution in [2.24, 2.45) is 5.73 Å². The van der Waals surface area contributed by atoms with Crippen LogP contribution in [0, 0.1) is 0 Å². The maximum Gasteiger partial charge on any atom is 0.0933 e. The first-order valence-electron chi connectivity index (χ1n) is 4.94. The minimum atomic E-state index is -0.0906. The van der Waals surface area contributed by atoms with E-state index in [1.54, 1.807) is 0 Å². The smallest absolute Gasteiger partial charge is 0.0933 e. The maximum absolute atomic E-state index is 8.99. The number of aliphatic hydroxyl groups excluding tert-OH is 1. The molecule has 1 heterocycles. The highest BCUT2D eigenvalue weighted by atomic mass is 32.1. The molecule has 1 aliphatic heterocycles. The SMILES string of the molecule is CCC(C(N)=S)N1CCOC(CO)C1. The van der Waals surface area contributed by atoms with E-state index >= 15 is 0 Å². The molecule has 0 saturated carbocycles. The van der Waals surface area contributed by atoms with Crippen LogP contribution in [-0.4, -0.2) is 53.4 Å².